The van der Waals surface area contributed by atoms with E-state index in [-0.39, 0.29) is 6.61 Å². The average Bonchev–Trinajstić information content (AvgIpc) is 1.83. The molecule has 0 aliphatic carbocycles. The molecule has 0 rings (SSSR count). The van der Waals surface area contributed by atoms with Gasteiger partial charge in [-0.1, -0.05) is 0 Å². The van der Waals surface area contributed by atoms with E-state index in [1.807, 2.05) is 0 Å². The number of ether oxygens (including phenoxy) is 1. The minimum atomic E-state index is -0.514. The third-order valence-electron chi connectivity index (χ3n) is 0.727. The fourth-order valence-electron chi connectivity index (χ4n) is 0.357. The quantitative estimate of drug-likeness (QED) is 0.462. The van der Waals surface area contributed by atoms with Crippen LogP contribution in [0.4, 0.5) is 0 Å². The molecule has 8 heavy (non-hydrogen) atoms. The molecule has 0 saturated carbocycles. The maximum absolute atomic E-state index is 8.34. The molecule has 0 aromatic carbocycles. The zero-order chi connectivity index (χ0) is 6.41. The normalized spacial score (nSPS) is 13.4. The lowest BCUT2D eigenvalue weighted by atomic mass is 9.92. The van der Waals surface area contributed by atoms with E-state index in [0.29, 0.717) is 6.61 Å². The topological polar surface area (TPSA) is 49.7 Å². The second-order valence-electron chi connectivity index (χ2n) is 1.33. The zero-order valence-corrected chi connectivity index (χ0v) is 4.87. The van der Waals surface area contributed by atoms with Crippen molar-refractivity contribution in [2.45, 2.75) is 12.9 Å². The highest BCUT2D eigenvalue weighted by Gasteiger charge is 2.05. The van der Waals surface area contributed by atoms with Gasteiger partial charge in [0.05, 0.1) is 12.6 Å². The van der Waals surface area contributed by atoms with Gasteiger partial charge >= 0.3 is 7.48 Å². The largest absolute Gasteiger partial charge is 0.452 e. The second kappa shape index (κ2) is 5.09. The highest BCUT2D eigenvalue weighted by molar-refractivity contribution is 6.27. The average molecular weight is 117 g/mol. The van der Waals surface area contributed by atoms with E-state index < -0.39 is 6.00 Å². The SMILES string of the molecule is CCO[C@@H]([B]O)CO. The first kappa shape index (κ1) is 7.94. The van der Waals surface area contributed by atoms with Crippen LogP contribution in [0.25, 0.3) is 0 Å². The van der Waals surface area contributed by atoms with Crippen LogP contribution >= 0.6 is 0 Å². The van der Waals surface area contributed by atoms with E-state index in [1.54, 1.807) is 6.92 Å². The Bertz CT molecular complexity index is 46.5. The molecular weight excluding hydrogens is 107 g/mol. The molecule has 4 heteroatoms. The van der Waals surface area contributed by atoms with Crippen molar-refractivity contribution in [1.82, 2.24) is 0 Å². The van der Waals surface area contributed by atoms with Gasteiger partial charge in [0, 0.05) is 6.61 Å². The van der Waals surface area contributed by atoms with Gasteiger partial charge in [0.15, 0.2) is 0 Å². The standard InChI is InChI=1S/C4H10BO3/c1-2-8-4(3-6)5-7/h4,6-7H,2-3H2,1H3/t4-/m1/s1. The number of hydrogen-bond acceptors (Lipinski definition) is 3. The predicted octanol–water partition coefficient (Wildman–Crippen LogP) is -1.05. The molecule has 2 N–H and O–H groups in total. The van der Waals surface area contributed by atoms with Crippen LogP contribution in [0.1, 0.15) is 6.92 Å². The molecule has 0 heterocycles. The molecule has 0 aromatic heterocycles. The Balaban J connectivity index is 3.07. The van der Waals surface area contributed by atoms with Crippen molar-refractivity contribution < 1.29 is 14.9 Å². The summed E-state index contributed by atoms with van der Waals surface area (Å²) < 4.78 is 4.78. The van der Waals surface area contributed by atoms with E-state index in [0.717, 1.165) is 7.48 Å². The van der Waals surface area contributed by atoms with Gasteiger partial charge in [-0.25, -0.2) is 0 Å². The van der Waals surface area contributed by atoms with Crippen LogP contribution < -0.4 is 0 Å². The van der Waals surface area contributed by atoms with Gasteiger partial charge in [0.2, 0.25) is 0 Å². The van der Waals surface area contributed by atoms with E-state index in [4.69, 9.17) is 14.9 Å². The second-order valence-corrected chi connectivity index (χ2v) is 1.33. The fraction of sp³-hybridized carbons (Fsp3) is 1.00. The number of rotatable bonds is 4. The summed E-state index contributed by atoms with van der Waals surface area (Å²) in [5.74, 6) is 0. The number of aliphatic hydroxyl groups is 1. The Hall–Kier alpha value is -0.0551. The smallest absolute Gasteiger partial charge is 0.322 e. The molecule has 0 spiro atoms. The van der Waals surface area contributed by atoms with Crippen molar-refractivity contribution in [2.24, 2.45) is 0 Å². The molecule has 3 nitrogen and oxygen atoms in total. The summed E-state index contributed by atoms with van der Waals surface area (Å²) in [6.45, 7) is 2.14. The highest BCUT2D eigenvalue weighted by Crippen LogP contribution is 1.84. The molecule has 0 aromatic rings. The van der Waals surface area contributed by atoms with Crippen molar-refractivity contribution in [1.29, 1.82) is 0 Å². The first-order chi connectivity index (χ1) is 3.85. The van der Waals surface area contributed by atoms with Gasteiger partial charge in [-0.15, -0.1) is 0 Å². The van der Waals surface area contributed by atoms with Crippen molar-refractivity contribution in [3.05, 3.63) is 0 Å². The lowest BCUT2D eigenvalue weighted by molar-refractivity contribution is 0.0634. The molecule has 47 valence electrons. The van der Waals surface area contributed by atoms with Gasteiger partial charge in [-0.05, 0) is 6.92 Å². The third kappa shape index (κ3) is 3.01. The van der Waals surface area contributed by atoms with Crippen LogP contribution in [0, 0.1) is 0 Å². The number of hydrogen-bond donors (Lipinski definition) is 2. The van der Waals surface area contributed by atoms with Gasteiger partial charge in [-0.3, -0.25) is 0 Å². The van der Waals surface area contributed by atoms with E-state index in [1.165, 1.54) is 0 Å². The summed E-state index contributed by atoms with van der Waals surface area (Å²) in [5, 5.41) is 16.6. The summed E-state index contributed by atoms with van der Waals surface area (Å²) in [5.41, 5.74) is 0. The van der Waals surface area contributed by atoms with Crippen LogP contribution in [-0.4, -0.2) is 36.8 Å². The van der Waals surface area contributed by atoms with Gasteiger partial charge < -0.3 is 14.9 Å². The van der Waals surface area contributed by atoms with Crippen LogP contribution in [-0.2, 0) is 4.74 Å². The predicted molar refractivity (Wildman–Crippen MR) is 30.5 cm³/mol. The summed E-state index contributed by atoms with van der Waals surface area (Å²) in [6.07, 6.45) is 0. The summed E-state index contributed by atoms with van der Waals surface area (Å²) in [7, 11) is 0.837. The molecule has 1 atom stereocenters. The molecule has 0 aliphatic rings. The van der Waals surface area contributed by atoms with Crippen molar-refractivity contribution in [3.63, 3.8) is 0 Å². The molecule has 1 radical (unpaired) electrons. The Kier molecular flexibility index (Phi) is 5.05. The lowest BCUT2D eigenvalue weighted by Gasteiger charge is -2.07. The summed E-state index contributed by atoms with van der Waals surface area (Å²) in [6, 6.07) is -0.514. The molecule has 0 saturated heterocycles. The van der Waals surface area contributed by atoms with Crippen molar-refractivity contribution in [3.8, 4) is 0 Å². The van der Waals surface area contributed by atoms with Crippen LogP contribution in [0.3, 0.4) is 0 Å². The Morgan fingerprint density at radius 1 is 1.75 bits per heavy atom. The Morgan fingerprint density at radius 3 is 2.50 bits per heavy atom. The molecule has 0 bridgehead atoms. The Labute approximate surface area is 49.6 Å². The van der Waals surface area contributed by atoms with Crippen LogP contribution in [0.15, 0.2) is 0 Å². The van der Waals surface area contributed by atoms with Crippen LogP contribution in [0.5, 0.6) is 0 Å². The summed E-state index contributed by atoms with van der Waals surface area (Å²) >= 11 is 0. The molecular formula is C4H10BO3. The monoisotopic (exact) mass is 117 g/mol. The first-order valence-corrected chi connectivity index (χ1v) is 2.55. The minimum absolute atomic E-state index is 0.162. The van der Waals surface area contributed by atoms with E-state index in [9.17, 15) is 0 Å². The maximum Gasteiger partial charge on any atom is 0.322 e. The Morgan fingerprint density at radius 2 is 2.38 bits per heavy atom. The van der Waals surface area contributed by atoms with Gasteiger partial charge in [-0.2, -0.15) is 0 Å². The minimum Gasteiger partial charge on any atom is -0.452 e. The molecule has 0 unspecified atom stereocenters. The first-order valence-electron chi connectivity index (χ1n) is 2.55. The third-order valence-corrected chi connectivity index (χ3v) is 0.727. The summed E-state index contributed by atoms with van der Waals surface area (Å²) in [4.78, 5) is 0. The maximum atomic E-state index is 8.34. The lowest BCUT2D eigenvalue weighted by Crippen LogP contribution is -2.24. The van der Waals surface area contributed by atoms with Crippen LogP contribution in [0.2, 0.25) is 0 Å². The van der Waals surface area contributed by atoms with Gasteiger partial charge in [0.1, 0.15) is 0 Å². The molecule has 0 aliphatic heterocycles. The molecule has 0 amide bonds. The van der Waals surface area contributed by atoms with Crippen molar-refractivity contribution in [2.75, 3.05) is 13.2 Å². The fourth-order valence-corrected chi connectivity index (χ4v) is 0.357. The highest BCUT2D eigenvalue weighted by atomic mass is 16.5. The van der Waals surface area contributed by atoms with Crippen molar-refractivity contribution >= 4 is 7.48 Å². The van der Waals surface area contributed by atoms with E-state index >= 15 is 0 Å². The van der Waals surface area contributed by atoms with Gasteiger partial charge in [0.25, 0.3) is 0 Å². The zero-order valence-electron chi connectivity index (χ0n) is 4.87. The molecule has 0 fully saturated rings. The van der Waals surface area contributed by atoms with E-state index in [2.05, 4.69) is 0 Å². The number of aliphatic hydroxyl groups excluding tert-OH is 1.